The molecule has 0 heterocycles. The second kappa shape index (κ2) is 9.02. The maximum atomic E-state index is 12.2. The summed E-state index contributed by atoms with van der Waals surface area (Å²) >= 11 is 0. The Morgan fingerprint density at radius 2 is 1.91 bits per heavy atom. The second-order valence-electron chi connectivity index (χ2n) is 7.60. The Morgan fingerprint density at radius 3 is 2.48 bits per heavy atom. The molecule has 0 spiro atoms. The Morgan fingerprint density at radius 1 is 1.30 bits per heavy atom. The molecule has 0 aromatic heterocycles. The highest BCUT2D eigenvalue weighted by Crippen LogP contribution is 2.25. The summed E-state index contributed by atoms with van der Waals surface area (Å²) in [5.41, 5.74) is -0.385. The molecule has 0 saturated heterocycles. The molecule has 0 aromatic carbocycles. The first-order valence-corrected chi connectivity index (χ1v) is 10.2. The van der Waals surface area contributed by atoms with Gasteiger partial charge in [0.25, 0.3) is 0 Å². The number of carbonyl (C=O) groups excluding carboxylic acids is 1. The largest absolute Gasteiger partial charge is 0.392 e. The molecule has 1 aliphatic carbocycles. The number of amides is 2. The molecule has 1 fully saturated rings. The van der Waals surface area contributed by atoms with Crippen molar-refractivity contribution in [2.45, 2.75) is 77.7 Å². The van der Waals surface area contributed by atoms with Gasteiger partial charge in [-0.25, -0.2) is 4.79 Å². The van der Waals surface area contributed by atoms with Crippen LogP contribution < -0.4 is 10.6 Å². The van der Waals surface area contributed by atoms with Crippen molar-refractivity contribution in [1.29, 1.82) is 0 Å². The topological polar surface area (TPSA) is 78.4 Å². The van der Waals surface area contributed by atoms with Crippen molar-refractivity contribution < 1.29 is 14.1 Å². The van der Waals surface area contributed by atoms with Crippen LogP contribution in [0.25, 0.3) is 0 Å². The van der Waals surface area contributed by atoms with Crippen LogP contribution in [0.3, 0.4) is 0 Å². The number of hydrogen-bond donors (Lipinski definition) is 3. The lowest BCUT2D eigenvalue weighted by molar-refractivity contribution is 0.0151. The Balaban J connectivity index is 2.53. The van der Waals surface area contributed by atoms with Gasteiger partial charge in [-0.2, -0.15) is 0 Å². The fourth-order valence-electron chi connectivity index (χ4n) is 3.33. The minimum absolute atomic E-state index is 0.0114. The Bertz CT molecular complexity index is 413. The number of aliphatic hydroxyl groups excluding tert-OH is 1. The highest BCUT2D eigenvalue weighted by Gasteiger charge is 2.32. The van der Waals surface area contributed by atoms with E-state index in [-0.39, 0.29) is 28.7 Å². The average Bonchev–Trinajstić information content (AvgIpc) is 2.52. The van der Waals surface area contributed by atoms with Crippen molar-refractivity contribution in [3.05, 3.63) is 0 Å². The predicted molar refractivity (Wildman–Crippen MR) is 95.9 cm³/mol. The molecule has 136 valence electrons. The summed E-state index contributed by atoms with van der Waals surface area (Å²) in [5.74, 6) is 0.780. The smallest absolute Gasteiger partial charge is 0.315 e. The maximum Gasteiger partial charge on any atom is 0.315 e. The molecule has 0 bridgehead atoms. The monoisotopic (exact) mass is 346 g/mol. The zero-order valence-corrected chi connectivity index (χ0v) is 16.0. The third kappa shape index (κ3) is 6.07. The molecule has 3 N–H and O–H groups in total. The maximum absolute atomic E-state index is 12.2. The zero-order valence-electron chi connectivity index (χ0n) is 15.2. The molecule has 1 rings (SSSR count). The number of hydrogen-bond acceptors (Lipinski definition) is 3. The van der Waals surface area contributed by atoms with Crippen LogP contribution in [0.1, 0.15) is 60.3 Å². The van der Waals surface area contributed by atoms with E-state index in [4.69, 9.17) is 0 Å². The van der Waals surface area contributed by atoms with Crippen LogP contribution in [-0.2, 0) is 10.8 Å². The predicted octanol–water partition coefficient (Wildman–Crippen LogP) is 2.41. The Kier molecular flexibility index (Phi) is 8.01. The van der Waals surface area contributed by atoms with Gasteiger partial charge in [0.15, 0.2) is 0 Å². The van der Waals surface area contributed by atoms with Crippen LogP contribution in [0.15, 0.2) is 0 Å². The van der Waals surface area contributed by atoms with Gasteiger partial charge in [0.1, 0.15) is 0 Å². The van der Waals surface area contributed by atoms with Crippen molar-refractivity contribution in [3.63, 3.8) is 0 Å². The minimum atomic E-state index is -0.877. The van der Waals surface area contributed by atoms with Crippen molar-refractivity contribution >= 4 is 16.8 Å². The molecule has 23 heavy (non-hydrogen) atoms. The molecule has 0 aliphatic heterocycles. The van der Waals surface area contributed by atoms with Crippen molar-refractivity contribution in [2.24, 2.45) is 11.3 Å². The van der Waals surface area contributed by atoms with Gasteiger partial charge in [0, 0.05) is 34.6 Å². The van der Waals surface area contributed by atoms with Crippen molar-refractivity contribution in [2.75, 3.05) is 12.3 Å². The summed E-state index contributed by atoms with van der Waals surface area (Å²) in [7, 11) is -0.877. The third-order valence-electron chi connectivity index (χ3n) is 4.78. The van der Waals surface area contributed by atoms with E-state index in [0.29, 0.717) is 12.3 Å². The van der Waals surface area contributed by atoms with Crippen LogP contribution in [0, 0.1) is 11.3 Å². The first-order valence-electron chi connectivity index (χ1n) is 8.78. The lowest BCUT2D eigenvalue weighted by Crippen LogP contribution is -2.53. The summed E-state index contributed by atoms with van der Waals surface area (Å²) in [6.07, 6.45) is 3.49. The normalized spacial score (nSPS) is 25.0. The van der Waals surface area contributed by atoms with Crippen LogP contribution in [0.4, 0.5) is 4.79 Å². The summed E-state index contributed by atoms with van der Waals surface area (Å²) in [6.45, 7) is 10.2. The molecule has 5 nitrogen and oxygen atoms in total. The summed E-state index contributed by atoms with van der Waals surface area (Å²) in [4.78, 5) is 12.2. The Labute approximate surface area is 143 Å². The molecule has 1 saturated carbocycles. The lowest BCUT2D eigenvalue weighted by atomic mass is 9.81. The van der Waals surface area contributed by atoms with E-state index in [1.54, 1.807) is 0 Å². The van der Waals surface area contributed by atoms with Crippen LogP contribution in [0.2, 0.25) is 0 Å². The van der Waals surface area contributed by atoms with Crippen LogP contribution in [0.5, 0.6) is 0 Å². The quantitative estimate of drug-likeness (QED) is 0.662. The zero-order chi connectivity index (χ0) is 17.6. The molecule has 0 radical (unpaired) electrons. The van der Waals surface area contributed by atoms with Gasteiger partial charge in [-0.1, -0.05) is 47.5 Å². The molecular weight excluding hydrogens is 312 g/mol. The van der Waals surface area contributed by atoms with E-state index in [0.717, 1.165) is 25.7 Å². The number of urea groups is 1. The van der Waals surface area contributed by atoms with E-state index in [9.17, 15) is 14.1 Å². The first-order chi connectivity index (χ1) is 10.7. The van der Waals surface area contributed by atoms with Gasteiger partial charge in [0.05, 0.1) is 11.4 Å². The molecule has 2 amide bonds. The molecular formula is C17H34N2O3S. The molecule has 1 aliphatic rings. The van der Waals surface area contributed by atoms with Gasteiger partial charge in [0.2, 0.25) is 0 Å². The highest BCUT2D eigenvalue weighted by atomic mass is 32.2. The fourth-order valence-corrected chi connectivity index (χ4v) is 4.75. The summed E-state index contributed by atoms with van der Waals surface area (Å²) in [5, 5.41) is 16.2. The van der Waals surface area contributed by atoms with E-state index < -0.39 is 16.9 Å². The SMILES string of the molecule is CC[S@](=O)[C@H]1CCCC[C@@H]1NC(=O)NCC(C)(C)[C@H](O)C(C)C. The molecule has 0 aromatic rings. The van der Waals surface area contributed by atoms with E-state index in [1.807, 2.05) is 34.6 Å². The highest BCUT2D eigenvalue weighted by molar-refractivity contribution is 7.85. The summed E-state index contributed by atoms with van der Waals surface area (Å²) < 4.78 is 12.1. The summed E-state index contributed by atoms with van der Waals surface area (Å²) in [6, 6.07) is -0.235. The van der Waals surface area contributed by atoms with E-state index >= 15 is 0 Å². The first kappa shape index (κ1) is 20.4. The van der Waals surface area contributed by atoms with Gasteiger partial charge < -0.3 is 15.7 Å². The van der Waals surface area contributed by atoms with E-state index in [2.05, 4.69) is 10.6 Å². The fraction of sp³-hybridized carbons (Fsp3) is 0.941. The van der Waals surface area contributed by atoms with Gasteiger partial charge in [-0.3, -0.25) is 4.21 Å². The lowest BCUT2D eigenvalue weighted by Gasteiger charge is -2.34. The van der Waals surface area contributed by atoms with Gasteiger partial charge >= 0.3 is 6.03 Å². The molecule has 6 heteroatoms. The number of nitrogens with one attached hydrogen (secondary N) is 2. The van der Waals surface area contributed by atoms with Crippen molar-refractivity contribution in [1.82, 2.24) is 10.6 Å². The number of carbonyl (C=O) groups is 1. The Hall–Kier alpha value is -0.620. The molecule has 4 atom stereocenters. The third-order valence-corrected chi connectivity index (χ3v) is 6.59. The van der Waals surface area contributed by atoms with Crippen LogP contribution >= 0.6 is 0 Å². The van der Waals surface area contributed by atoms with Gasteiger partial charge in [-0.15, -0.1) is 0 Å². The van der Waals surface area contributed by atoms with Crippen molar-refractivity contribution in [3.8, 4) is 0 Å². The van der Waals surface area contributed by atoms with E-state index in [1.165, 1.54) is 0 Å². The van der Waals surface area contributed by atoms with Crippen LogP contribution in [-0.4, -0.2) is 45.0 Å². The van der Waals surface area contributed by atoms with Gasteiger partial charge in [-0.05, 0) is 18.8 Å². The molecule has 0 unspecified atom stereocenters. The number of aliphatic hydroxyl groups is 1. The second-order valence-corrected chi connectivity index (χ2v) is 9.55. The standard InChI is InChI=1S/C17H34N2O3S/c1-6-23(22)14-10-8-7-9-13(14)19-16(21)18-11-17(4,5)15(20)12(2)3/h12-15,20H,6-11H2,1-5H3,(H2,18,19,21)/t13-,14-,15+,23-/m0/s1. The average molecular weight is 347 g/mol. The minimum Gasteiger partial charge on any atom is -0.392 e. The number of rotatable bonds is 7.